The van der Waals surface area contributed by atoms with Crippen molar-refractivity contribution >= 4 is 23.3 Å². The lowest BCUT2D eigenvalue weighted by atomic mass is 10.1. The van der Waals surface area contributed by atoms with E-state index in [9.17, 15) is 19.7 Å². The van der Waals surface area contributed by atoms with E-state index in [0.717, 1.165) is 6.42 Å². The molecule has 0 fully saturated rings. The molecule has 0 aliphatic carbocycles. The molecule has 7 nitrogen and oxygen atoms in total. The molecule has 2 rings (SSSR count). The third kappa shape index (κ3) is 4.63. The Morgan fingerprint density at radius 1 is 1.12 bits per heavy atom. The molecule has 0 atom stereocenters. The van der Waals surface area contributed by atoms with Gasteiger partial charge in [-0.3, -0.25) is 14.9 Å². The normalized spacial score (nSPS) is 10.2. The van der Waals surface area contributed by atoms with Gasteiger partial charge in [-0.2, -0.15) is 0 Å². The summed E-state index contributed by atoms with van der Waals surface area (Å²) in [6, 6.07) is 10.5. The molecular formula is C18H18N2O5. The predicted octanol–water partition coefficient (Wildman–Crippen LogP) is 3.72. The van der Waals surface area contributed by atoms with Crippen molar-refractivity contribution < 1.29 is 19.2 Å². The number of hydrogen-bond donors (Lipinski definition) is 1. The Morgan fingerprint density at radius 2 is 1.76 bits per heavy atom. The SMILES string of the molecule is CCCOC(=O)c1ccc(NC(=O)c2ccc(C)c([N+](=O)[O-])c2)cc1. The van der Waals surface area contributed by atoms with Crippen molar-refractivity contribution in [2.24, 2.45) is 0 Å². The molecule has 0 saturated heterocycles. The van der Waals surface area contributed by atoms with Crippen LogP contribution in [0.3, 0.4) is 0 Å². The summed E-state index contributed by atoms with van der Waals surface area (Å²) in [6.07, 6.45) is 0.739. The van der Waals surface area contributed by atoms with Gasteiger partial charge in [0.15, 0.2) is 0 Å². The number of amides is 1. The number of hydrogen-bond acceptors (Lipinski definition) is 5. The summed E-state index contributed by atoms with van der Waals surface area (Å²) in [7, 11) is 0. The molecule has 0 radical (unpaired) electrons. The van der Waals surface area contributed by atoms with Crippen molar-refractivity contribution in [2.75, 3.05) is 11.9 Å². The van der Waals surface area contributed by atoms with Crippen LogP contribution in [0.25, 0.3) is 0 Å². The Hall–Kier alpha value is -3.22. The smallest absolute Gasteiger partial charge is 0.338 e. The minimum atomic E-state index is -0.525. The highest BCUT2D eigenvalue weighted by molar-refractivity contribution is 6.05. The number of aryl methyl sites for hydroxylation is 1. The van der Waals surface area contributed by atoms with Gasteiger partial charge in [0, 0.05) is 22.9 Å². The first-order valence-corrected chi connectivity index (χ1v) is 7.76. The monoisotopic (exact) mass is 342 g/mol. The van der Waals surface area contributed by atoms with Crippen LogP contribution < -0.4 is 5.32 Å². The second kappa shape index (κ2) is 8.05. The van der Waals surface area contributed by atoms with Crippen LogP contribution in [0.2, 0.25) is 0 Å². The molecular weight excluding hydrogens is 324 g/mol. The fourth-order valence-corrected chi connectivity index (χ4v) is 2.12. The Bertz CT molecular complexity index is 800. The highest BCUT2D eigenvalue weighted by Gasteiger charge is 2.15. The first-order chi connectivity index (χ1) is 11.9. The summed E-state index contributed by atoms with van der Waals surface area (Å²) >= 11 is 0. The van der Waals surface area contributed by atoms with Gasteiger partial charge in [-0.1, -0.05) is 13.0 Å². The van der Waals surface area contributed by atoms with Crippen molar-refractivity contribution in [3.63, 3.8) is 0 Å². The summed E-state index contributed by atoms with van der Waals surface area (Å²) in [6.45, 7) is 3.86. The standard InChI is InChI=1S/C18H18N2O5/c1-3-10-25-18(22)13-6-8-15(9-7-13)19-17(21)14-5-4-12(2)16(11-14)20(23)24/h4-9,11H,3,10H2,1-2H3,(H,19,21). The summed E-state index contributed by atoms with van der Waals surface area (Å²) in [4.78, 5) is 34.4. The molecule has 2 aromatic carbocycles. The van der Waals surface area contributed by atoms with E-state index < -0.39 is 16.8 Å². The highest BCUT2D eigenvalue weighted by Crippen LogP contribution is 2.20. The molecule has 0 aliphatic rings. The van der Waals surface area contributed by atoms with E-state index in [4.69, 9.17) is 4.74 Å². The van der Waals surface area contributed by atoms with E-state index in [1.54, 1.807) is 31.2 Å². The largest absolute Gasteiger partial charge is 0.462 e. The van der Waals surface area contributed by atoms with Crippen molar-refractivity contribution in [3.8, 4) is 0 Å². The minimum absolute atomic E-state index is 0.110. The van der Waals surface area contributed by atoms with Gasteiger partial charge in [-0.25, -0.2) is 4.79 Å². The van der Waals surface area contributed by atoms with Gasteiger partial charge in [0.2, 0.25) is 0 Å². The van der Waals surface area contributed by atoms with Gasteiger partial charge in [0.25, 0.3) is 11.6 Å². The fourth-order valence-electron chi connectivity index (χ4n) is 2.12. The predicted molar refractivity (Wildman–Crippen MR) is 92.8 cm³/mol. The molecule has 0 aliphatic heterocycles. The van der Waals surface area contributed by atoms with E-state index in [2.05, 4.69) is 5.32 Å². The van der Waals surface area contributed by atoms with Crippen LogP contribution in [-0.2, 0) is 4.74 Å². The first kappa shape index (κ1) is 18.1. The molecule has 0 aromatic heterocycles. The number of carbonyl (C=O) groups is 2. The number of benzene rings is 2. The van der Waals surface area contributed by atoms with Crippen molar-refractivity contribution in [1.29, 1.82) is 0 Å². The average molecular weight is 342 g/mol. The zero-order chi connectivity index (χ0) is 18.4. The Labute approximate surface area is 144 Å². The third-order valence-electron chi connectivity index (χ3n) is 3.48. The second-order valence-corrected chi connectivity index (χ2v) is 5.43. The summed E-state index contributed by atoms with van der Waals surface area (Å²) in [5, 5.41) is 13.6. The number of esters is 1. The van der Waals surface area contributed by atoms with Crippen molar-refractivity contribution in [3.05, 3.63) is 69.3 Å². The average Bonchev–Trinajstić information content (AvgIpc) is 2.60. The zero-order valence-electron chi connectivity index (χ0n) is 13.9. The van der Waals surface area contributed by atoms with E-state index in [-0.39, 0.29) is 11.3 Å². The van der Waals surface area contributed by atoms with Crippen LogP contribution in [0.15, 0.2) is 42.5 Å². The topological polar surface area (TPSA) is 98.5 Å². The molecule has 1 N–H and O–H groups in total. The fraction of sp³-hybridized carbons (Fsp3) is 0.222. The summed E-state index contributed by atoms with van der Waals surface area (Å²) < 4.78 is 5.02. The number of nitro benzene ring substituents is 1. The maximum Gasteiger partial charge on any atom is 0.338 e. The van der Waals surface area contributed by atoms with Gasteiger partial charge < -0.3 is 10.1 Å². The van der Waals surface area contributed by atoms with Gasteiger partial charge in [0.1, 0.15) is 0 Å². The highest BCUT2D eigenvalue weighted by atomic mass is 16.6. The van der Waals surface area contributed by atoms with Crippen LogP contribution in [0, 0.1) is 17.0 Å². The zero-order valence-corrected chi connectivity index (χ0v) is 13.9. The number of nitrogens with zero attached hydrogens (tertiary/aromatic N) is 1. The van der Waals surface area contributed by atoms with Gasteiger partial charge in [-0.15, -0.1) is 0 Å². The molecule has 2 aromatic rings. The number of nitrogens with one attached hydrogen (secondary N) is 1. The Kier molecular flexibility index (Phi) is 5.84. The maximum atomic E-state index is 12.2. The number of rotatable bonds is 6. The van der Waals surface area contributed by atoms with Gasteiger partial charge >= 0.3 is 5.97 Å². The molecule has 0 unspecified atom stereocenters. The molecule has 0 saturated carbocycles. The van der Waals surface area contributed by atoms with E-state index in [0.29, 0.717) is 23.4 Å². The molecule has 130 valence electrons. The van der Waals surface area contributed by atoms with Gasteiger partial charge in [0.05, 0.1) is 17.1 Å². The lowest BCUT2D eigenvalue weighted by Gasteiger charge is -2.07. The van der Waals surface area contributed by atoms with Gasteiger partial charge in [-0.05, 0) is 43.7 Å². The van der Waals surface area contributed by atoms with Crippen LogP contribution in [-0.4, -0.2) is 23.4 Å². The van der Waals surface area contributed by atoms with Crippen LogP contribution in [0.5, 0.6) is 0 Å². The molecule has 0 bridgehead atoms. The third-order valence-corrected chi connectivity index (χ3v) is 3.48. The van der Waals surface area contributed by atoms with Crippen molar-refractivity contribution in [1.82, 2.24) is 0 Å². The first-order valence-electron chi connectivity index (χ1n) is 7.76. The lowest BCUT2D eigenvalue weighted by molar-refractivity contribution is -0.385. The van der Waals surface area contributed by atoms with Crippen LogP contribution >= 0.6 is 0 Å². The molecule has 0 heterocycles. The van der Waals surface area contributed by atoms with E-state index in [1.807, 2.05) is 6.92 Å². The maximum absolute atomic E-state index is 12.2. The number of nitro groups is 1. The quantitative estimate of drug-likeness (QED) is 0.490. The second-order valence-electron chi connectivity index (χ2n) is 5.43. The Morgan fingerprint density at radius 3 is 2.36 bits per heavy atom. The van der Waals surface area contributed by atoms with Crippen LogP contribution in [0.4, 0.5) is 11.4 Å². The summed E-state index contributed by atoms with van der Waals surface area (Å²) in [5.41, 5.74) is 1.42. The number of carbonyl (C=O) groups excluding carboxylic acids is 2. The number of ether oxygens (including phenoxy) is 1. The van der Waals surface area contributed by atoms with E-state index >= 15 is 0 Å². The minimum Gasteiger partial charge on any atom is -0.462 e. The molecule has 25 heavy (non-hydrogen) atoms. The van der Waals surface area contributed by atoms with Crippen LogP contribution in [0.1, 0.15) is 39.6 Å². The molecule has 7 heteroatoms. The van der Waals surface area contributed by atoms with E-state index in [1.165, 1.54) is 18.2 Å². The molecule has 1 amide bonds. The summed E-state index contributed by atoms with van der Waals surface area (Å²) in [5.74, 6) is -0.890. The Balaban J connectivity index is 2.09. The van der Waals surface area contributed by atoms with Crippen molar-refractivity contribution in [2.45, 2.75) is 20.3 Å². The lowest BCUT2D eigenvalue weighted by Crippen LogP contribution is -2.13. The number of anilines is 1. The molecule has 0 spiro atoms.